The summed E-state index contributed by atoms with van der Waals surface area (Å²) in [4.78, 5) is 0. The third-order valence-corrected chi connectivity index (χ3v) is 3.84. The Kier molecular flexibility index (Phi) is 3.11. The molecule has 1 saturated carbocycles. The van der Waals surface area contributed by atoms with Gasteiger partial charge in [-0.3, -0.25) is 0 Å². The number of hydrogen-bond donors (Lipinski definition) is 1. The maximum absolute atomic E-state index is 10.4. The van der Waals surface area contributed by atoms with E-state index in [1.165, 1.54) is 24.8 Å². The summed E-state index contributed by atoms with van der Waals surface area (Å²) >= 11 is 0. The van der Waals surface area contributed by atoms with Crippen molar-refractivity contribution in [3.63, 3.8) is 0 Å². The lowest BCUT2D eigenvalue weighted by atomic mass is 9.86. The Labute approximate surface area is 92.1 Å². The predicted molar refractivity (Wildman–Crippen MR) is 62.6 cm³/mol. The van der Waals surface area contributed by atoms with Gasteiger partial charge in [0.1, 0.15) is 0 Å². The molecule has 15 heavy (non-hydrogen) atoms. The van der Waals surface area contributed by atoms with Crippen molar-refractivity contribution in [3.8, 4) is 0 Å². The van der Waals surface area contributed by atoms with Crippen molar-refractivity contribution in [1.82, 2.24) is 0 Å². The molecule has 3 atom stereocenters. The summed E-state index contributed by atoms with van der Waals surface area (Å²) in [7, 11) is 0. The van der Waals surface area contributed by atoms with Crippen LogP contribution in [0.2, 0.25) is 0 Å². The molecule has 0 saturated heterocycles. The third kappa shape index (κ3) is 2.07. The smallest absolute Gasteiger partial charge is 0.0823 e. The Morgan fingerprint density at radius 3 is 2.60 bits per heavy atom. The molecule has 0 spiro atoms. The number of aliphatic hydroxyl groups excluding tert-OH is 1. The van der Waals surface area contributed by atoms with Crippen LogP contribution < -0.4 is 0 Å². The minimum Gasteiger partial charge on any atom is -0.388 e. The van der Waals surface area contributed by atoms with E-state index in [1.807, 2.05) is 12.1 Å². The molecule has 1 aromatic carbocycles. The molecule has 2 unspecified atom stereocenters. The lowest BCUT2D eigenvalue weighted by Crippen LogP contribution is -2.15. The standard InChI is InChI=1S/C14H20O/c1-10-6-3-4-8-12(10)14(15)13-9-5-7-11(13)2/h3-4,6,8,11,13-15H,5,7,9H2,1-2H3/t11?,13?,14-/m0/s1. The van der Waals surface area contributed by atoms with Crippen LogP contribution in [0.25, 0.3) is 0 Å². The molecule has 1 nitrogen and oxygen atoms in total. The van der Waals surface area contributed by atoms with Gasteiger partial charge in [0.2, 0.25) is 0 Å². The summed E-state index contributed by atoms with van der Waals surface area (Å²) in [5.41, 5.74) is 2.33. The third-order valence-electron chi connectivity index (χ3n) is 3.84. The molecule has 82 valence electrons. The number of benzene rings is 1. The molecule has 2 rings (SSSR count). The van der Waals surface area contributed by atoms with E-state index in [-0.39, 0.29) is 6.10 Å². The Balaban J connectivity index is 2.20. The SMILES string of the molecule is Cc1ccccc1[C@H](O)C1CCCC1C. The zero-order chi connectivity index (χ0) is 10.8. The van der Waals surface area contributed by atoms with Crippen LogP contribution in [0.3, 0.4) is 0 Å². The molecular weight excluding hydrogens is 184 g/mol. The molecule has 0 bridgehead atoms. The van der Waals surface area contributed by atoms with Gasteiger partial charge in [0, 0.05) is 0 Å². The van der Waals surface area contributed by atoms with Gasteiger partial charge < -0.3 is 5.11 Å². The first-order valence-corrected chi connectivity index (χ1v) is 5.93. The van der Waals surface area contributed by atoms with Crippen molar-refractivity contribution in [2.24, 2.45) is 11.8 Å². The molecule has 0 aromatic heterocycles. The molecule has 0 aliphatic heterocycles. The van der Waals surface area contributed by atoms with Crippen molar-refractivity contribution >= 4 is 0 Å². The maximum atomic E-state index is 10.4. The highest BCUT2D eigenvalue weighted by molar-refractivity contribution is 5.28. The second-order valence-electron chi connectivity index (χ2n) is 4.87. The number of aryl methyl sites for hydroxylation is 1. The number of rotatable bonds is 2. The Morgan fingerprint density at radius 1 is 1.27 bits per heavy atom. The minimum atomic E-state index is -0.260. The van der Waals surface area contributed by atoms with E-state index in [0.717, 1.165) is 5.56 Å². The van der Waals surface area contributed by atoms with Gasteiger partial charge in [-0.2, -0.15) is 0 Å². The largest absolute Gasteiger partial charge is 0.388 e. The van der Waals surface area contributed by atoms with Gasteiger partial charge in [-0.05, 0) is 36.3 Å². The van der Waals surface area contributed by atoms with Crippen LogP contribution in [-0.4, -0.2) is 5.11 Å². The molecule has 1 heteroatoms. The van der Waals surface area contributed by atoms with Crippen molar-refractivity contribution in [2.45, 2.75) is 39.2 Å². The van der Waals surface area contributed by atoms with E-state index in [1.54, 1.807) is 0 Å². The van der Waals surface area contributed by atoms with Gasteiger partial charge >= 0.3 is 0 Å². The van der Waals surface area contributed by atoms with E-state index in [4.69, 9.17) is 0 Å². The maximum Gasteiger partial charge on any atom is 0.0823 e. The zero-order valence-corrected chi connectivity index (χ0v) is 9.61. The second-order valence-corrected chi connectivity index (χ2v) is 4.87. The quantitative estimate of drug-likeness (QED) is 0.782. The van der Waals surface area contributed by atoms with Crippen molar-refractivity contribution in [3.05, 3.63) is 35.4 Å². The van der Waals surface area contributed by atoms with Crippen molar-refractivity contribution in [2.75, 3.05) is 0 Å². The van der Waals surface area contributed by atoms with Gasteiger partial charge in [0.05, 0.1) is 6.10 Å². The molecular formula is C14H20O. The van der Waals surface area contributed by atoms with Gasteiger partial charge in [0.25, 0.3) is 0 Å². The molecule has 1 N–H and O–H groups in total. The highest BCUT2D eigenvalue weighted by Gasteiger charge is 2.30. The average molecular weight is 204 g/mol. The fourth-order valence-electron chi connectivity index (χ4n) is 2.79. The summed E-state index contributed by atoms with van der Waals surface area (Å²) < 4.78 is 0. The lowest BCUT2D eigenvalue weighted by molar-refractivity contribution is 0.0895. The predicted octanol–water partition coefficient (Wildman–Crippen LogP) is 3.46. The summed E-state index contributed by atoms with van der Waals surface area (Å²) in [6.07, 6.45) is 3.46. The van der Waals surface area contributed by atoms with Crippen LogP contribution in [0.1, 0.15) is 43.4 Å². The van der Waals surface area contributed by atoms with E-state index in [2.05, 4.69) is 26.0 Å². The van der Waals surface area contributed by atoms with Gasteiger partial charge in [0.15, 0.2) is 0 Å². The number of hydrogen-bond acceptors (Lipinski definition) is 1. The highest BCUT2D eigenvalue weighted by Crippen LogP contribution is 2.40. The molecule has 1 aliphatic rings. The summed E-state index contributed by atoms with van der Waals surface area (Å²) in [6.45, 7) is 4.34. The van der Waals surface area contributed by atoms with Crippen LogP contribution >= 0.6 is 0 Å². The van der Waals surface area contributed by atoms with Crippen LogP contribution in [0.5, 0.6) is 0 Å². The van der Waals surface area contributed by atoms with Crippen LogP contribution in [0.15, 0.2) is 24.3 Å². The first-order valence-electron chi connectivity index (χ1n) is 5.93. The fraction of sp³-hybridized carbons (Fsp3) is 0.571. The molecule has 0 amide bonds. The normalized spacial score (nSPS) is 27.9. The topological polar surface area (TPSA) is 20.2 Å². The molecule has 1 aromatic rings. The second kappa shape index (κ2) is 4.36. The molecule has 0 radical (unpaired) electrons. The van der Waals surface area contributed by atoms with Crippen LogP contribution in [0.4, 0.5) is 0 Å². The Bertz CT molecular complexity index is 332. The summed E-state index contributed by atoms with van der Waals surface area (Å²) in [5.74, 6) is 1.13. The van der Waals surface area contributed by atoms with Gasteiger partial charge in [-0.1, -0.05) is 44.0 Å². The van der Waals surface area contributed by atoms with E-state index >= 15 is 0 Å². The van der Waals surface area contributed by atoms with Gasteiger partial charge in [-0.25, -0.2) is 0 Å². The monoisotopic (exact) mass is 204 g/mol. The average Bonchev–Trinajstić information content (AvgIpc) is 2.64. The van der Waals surface area contributed by atoms with Gasteiger partial charge in [-0.15, -0.1) is 0 Å². The highest BCUT2D eigenvalue weighted by atomic mass is 16.3. The van der Waals surface area contributed by atoms with Crippen molar-refractivity contribution < 1.29 is 5.11 Å². The first kappa shape index (κ1) is 10.7. The fourth-order valence-corrected chi connectivity index (χ4v) is 2.79. The summed E-state index contributed by atoms with van der Waals surface area (Å²) in [5, 5.41) is 10.4. The minimum absolute atomic E-state index is 0.260. The van der Waals surface area contributed by atoms with Crippen LogP contribution in [0, 0.1) is 18.8 Å². The first-order chi connectivity index (χ1) is 7.20. The zero-order valence-electron chi connectivity index (χ0n) is 9.61. The van der Waals surface area contributed by atoms with Crippen molar-refractivity contribution in [1.29, 1.82) is 0 Å². The Hall–Kier alpha value is -0.820. The van der Waals surface area contributed by atoms with E-state index in [9.17, 15) is 5.11 Å². The molecule has 1 fully saturated rings. The Morgan fingerprint density at radius 2 is 2.00 bits per heavy atom. The lowest BCUT2D eigenvalue weighted by Gasteiger charge is -2.23. The number of aliphatic hydroxyl groups is 1. The van der Waals surface area contributed by atoms with E-state index in [0.29, 0.717) is 11.8 Å². The summed E-state index contributed by atoms with van der Waals surface area (Å²) in [6, 6.07) is 8.19. The molecule has 0 heterocycles. The van der Waals surface area contributed by atoms with E-state index < -0.39 is 0 Å². The molecule has 1 aliphatic carbocycles. The van der Waals surface area contributed by atoms with Crippen LogP contribution in [-0.2, 0) is 0 Å².